The first kappa shape index (κ1) is 15.7. The molecule has 2 rings (SSSR count). The maximum absolute atomic E-state index is 12.4. The van der Waals surface area contributed by atoms with E-state index in [1.807, 2.05) is 13.8 Å². The van der Waals surface area contributed by atoms with Crippen LogP contribution in [-0.4, -0.2) is 25.6 Å². The zero-order valence-electron chi connectivity index (χ0n) is 11.8. The van der Waals surface area contributed by atoms with Gasteiger partial charge < -0.3 is 4.52 Å². The zero-order valence-corrected chi connectivity index (χ0v) is 13.3. The number of aromatic nitrogens is 1. The van der Waals surface area contributed by atoms with Crippen molar-refractivity contribution in [3.8, 4) is 0 Å². The second-order valence-corrected chi connectivity index (χ2v) is 7.43. The molecule has 0 saturated carbocycles. The highest BCUT2D eigenvalue weighted by Gasteiger charge is 2.23. The molecule has 0 spiro atoms. The number of hydrogen-bond acceptors (Lipinski definition) is 5. The van der Waals surface area contributed by atoms with Gasteiger partial charge in [0.25, 0.3) is 0 Å². The Balaban J connectivity index is 2.53. The normalized spacial score (nSPS) is 11.9. The van der Waals surface area contributed by atoms with E-state index in [1.165, 1.54) is 24.3 Å². The van der Waals surface area contributed by atoms with E-state index in [9.17, 15) is 13.2 Å². The Hall–Kier alpha value is -1.66. The Morgan fingerprint density at radius 1 is 1.29 bits per heavy atom. The lowest BCUT2D eigenvalue weighted by Crippen LogP contribution is -2.09. The molecule has 0 fully saturated rings. The van der Waals surface area contributed by atoms with E-state index in [1.54, 1.807) is 0 Å². The summed E-state index contributed by atoms with van der Waals surface area (Å²) in [5.41, 5.74) is 0.108. The molecule has 0 radical (unpaired) electrons. The van der Waals surface area contributed by atoms with Crippen LogP contribution in [0.3, 0.4) is 0 Å². The lowest BCUT2D eigenvalue weighted by Gasteiger charge is -2.05. The lowest BCUT2D eigenvalue weighted by molar-refractivity contribution is 0.102. The van der Waals surface area contributed by atoms with E-state index in [0.717, 1.165) is 6.26 Å². The fourth-order valence-electron chi connectivity index (χ4n) is 1.80. The van der Waals surface area contributed by atoms with Crippen molar-refractivity contribution >= 4 is 27.2 Å². The smallest absolute Gasteiger partial charge is 0.216 e. The first-order valence-corrected chi connectivity index (χ1v) is 8.48. The summed E-state index contributed by atoms with van der Waals surface area (Å²) < 4.78 is 28.7. The summed E-state index contributed by atoms with van der Waals surface area (Å²) >= 11 is 5.81. The van der Waals surface area contributed by atoms with Gasteiger partial charge in [-0.2, -0.15) is 0 Å². The number of ketones is 1. The van der Waals surface area contributed by atoms with Crippen LogP contribution in [0.4, 0.5) is 0 Å². The van der Waals surface area contributed by atoms with Crippen LogP contribution in [0.25, 0.3) is 0 Å². The summed E-state index contributed by atoms with van der Waals surface area (Å²) in [6, 6.07) is 5.62. The summed E-state index contributed by atoms with van der Waals surface area (Å²) in [4.78, 5) is 12.3. The fraction of sp³-hybridized carbons (Fsp3) is 0.286. The van der Waals surface area contributed by atoms with Crippen LogP contribution in [-0.2, 0) is 9.84 Å². The minimum absolute atomic E-state index is 0.0329. The molecule has 0 aliphatic rings. The highest BCUT2D eigenvalue weighted by molar-refractivity contribution is 7.90. The molecule has 0 aliphatic heterocycles. The van der Waals surface area contributed by atoms with Crippen molar-refractivity contribution in [2.24, 2.45) is 0 Å². The molecule has 0 amide bonds. The average Bonchev–Trinajstić information content (AvgIpc) is 2.86. The number of hydrogen-bond donors (Lipinski definition) is 0. The Labute approximate surface area is 127 Å². The number of nitrogens with zero attached hydrogens (tertiary/aromatic N) is 1. The van der Waals surface area contributed by atoms with E-state index in [4.69, 9.17) is 16.1 Å². The number of carbonyl (C=O) groups is 1. The van der Waals surface area contributed by atoms with Crippen molar-refractivity contribution in [1.29, 1.82) is 0 Å². The molecular weight excluding hydrogens is 314 g/mol. The third-order valence-electron chi connectivity index (χ3n) is 2.92. The van der Waals surface area contributed by atoms with E-state index in [-0.39, 0.29) is 27.1 Å². The second-order valence-electron chi connectivity index (χ2n) is 5.01. The van der Waals surface area contributed by atoms with Crippen LogP contribution in [0.2, 0.25) is 5.02 Å². The number of sulfone groups is 1. The van der Waals surface area contributed by atoms with Crippen molar-refractivity contribution in [2.75, 3.05) is 6.26 Å². The minimum Gasteiger partial charge on any atom is -0.360 e. The molecule has 21 heavy (non-hydrogen) atoms. The predicted octanol–water partition coefficient (Wildman–Crippen LogP) is 3.09. The largest absolute Gasteiger partial charge is 0.360 e. The molecule has 1 heterocycles. The Kier molecular flexibility index (Phi) is 4.20. The van der Waals surface area contributed by atoms with Gasteiger partial charge in [-0.25, -0.2) is 8.42 Å². The van der Waals surface area contributed by atoms with E-state index in [2.05, 4.69) is 5.16 Å². The van der Waals surface area contributed by atoms with Crippen LogP contribution >= 0.6 is 11.6 Å². The molecule has 0 saturated heterocycles. The first-order chi connectivity index (χ1) is 9.70. The van der Waals surface area contributed by atoms with Crippen molar-refractivity contribution in [1.82, 2.24) is 5.16 Å². The molecule has 7 heteroatoms. The average molecular weight is 328 g/mol. The van der Waals surface area contributed by atoms with Crippen LogP contribution < -0.4 is 0 Å². The second kappa shape index (κ2) is 5.61. The van der Waals surface area contributed by atoms with Gasteiger partial charge in [0.1, 0.15) is 5.76 Å². The molecule has 112 valence electrons. The minimum atomic E-state index is -3.58. The molecular formula is C14H14ClNO4S. The summed E-state index contributed by atoms with van der Waals surface area (Å²) in [7, 11) is -3.58. The van der Waals surface area contributed by atoms with Gasteiger partial charge in [0.2, 0.25) is 5.78 Å². The van der Waals surface area contributed by atoms with Crippen LogP contribution in [0, 0.1) is 0 Å². The van der Waals surface area contributed by atoms with E-state index < -0.39 is 15.6 Å². The van der Waals surface area contributed by atoms with Gasteiger partial charge in [-0.3, -0.25) is 4.79 Å². The monoisotopic (exact) mass is 327 g/mol. The SMILES string of the molecule is CC(C)c1cc(C(=O)c2ccc(Cl)cc2S(C)(=O)=O)no1. The molecule has 1 aromatic heterocycles. The third kappa shape index (κ3) is 3.33. The quantitative estimate of drug-likeness (QED) is 0.806. The van der Waals surface area contributed by atoms with Gasteiger partial charge >= 0.3 is 0 Å². The van der Waals surface area contributed by atoms with Crippen LogP contribution in [0.15, 0.2) is 33.7 Å². The van der Waals surface area contributed by atoms with E-state index in [0.29, 0.717) is 5.76 Å². The number of benzene rings is 1. The summed E-state index contributed by atoms with van der Waals surface area (Å²) in [6.45, 7) is 3.80. The summed E-state index contributed by atoms with van der Waals surface area (Å²) in [5, 5.41) is 3.95. The van der Waals surface area contributed by atoms with Gasteiger partial charge in [0.05, 0.1) is 4.90 Å². The predicted molar refractivity (Wildman–Crippen MR) is 78.6 cm³/mol. The van der Waals surface area contributed by atoms with Gasteiger partial charge in [-0.1, -0.05) is 30.6 Å². The molecule has 2 aromatic rings. The number of rotatable bonds is 4. The number of carbonyl (C=O) groups excluding carboxylic acids is 1. The van der Waals surface area contributed by atoms with E-state index >= 15 is 0 Å². The zero-order chi connectivity index (χ0) is 15.8. The van der Waals surface area contributed by atoms with Crippen LogP contribution in [0.5, 0.6) is 0 Å². The Bertz CT molecular complexity index is 793. The Morgan fingerprint density at radius 2 is 1.95 bits per heavy atom. The first-order valence-electron chi connectivity index (χ1n) is 6.21. The summed E-state index contributed by atoms with van der Waals surface area (Å²) in [5.74, 6) is 0.134. The maximum Gasteiger partial charge on any atom is 0.216 e. The molecule has 1 aromatic carbocycles. The standard InChI is InChI=1S/C14H14ClNO4S/c1-8(2)12-7-11(16-20-12)14(17)10-5-4-9(15)6-13(10)21(3,18)19/h4-8H,1-3H3. The molecule has 0 aliphatic carbocycles. The van der Waals surface area contributed by atoms with Gasteiger partial charge in [0, 0.05) is 28.8 Å². The van der Waals surface area contributed by atoms with Gasteiger partial charge in [-0.05, 0) is 18.2 Å². The molecule has 5 nitrogen and oxygen atoms in total. The molecule has 0 unspecified atom stereocenters. The van der Waals surface area contributed by atoms with Crippen molar-refractivity contribution in [3.63, 3.8) is 0 Å². The highest BCUT2D eigenvalue weighted by Crippen LogP contribution is 2.24. The third-order valence-corrected chi connectivity index (χ3v) is 4.29. The summed E-state index contributed by atoms with van der Waals surface area (Å²) in [6.07, 6.45) is 1.03. The van der Waals surface area contributed by atoms with Gasteiger partial charge in [0.15, 0.2) is 15.5 Å². The van der Waals surface area contributed by atoms with Gasteiger partial charge in [-0.15, -0.1) is 0 Å². The Morgan fingerprint density at radius 3 is 2.48 bits per heavy atom. The van der Waals surface area contributed by atoms with Crippen molar-refractivity contribution in [2.45, 2.75) is 24.7 Å². The molecule has 0 bridgehead atoms. The lowest BCUT2D eigenvalue weighted by atomic mass is 10.1. The highest BCUT2D eigenvalue weighted by atomic mass is 35.5. The van der Waals surface area contributed by atoms with Crippen molar-refractivity contribution < 1.29 is 17.7 Å². The fourth-order valence-corrected chi connectivity index (χ4v) is 2.93. The number of halogens is 1. The topological polar surface area (TPSA) is 77.2 Å². The van der Waals surface area contributed by atoms with Crippen LogP contribution in [0.1, 0.15) is 41.6 Å². The molecule has 0 atom stereocenters. The molecule has 0 N–H and O–H groups in total. The van der Waals surface area contributed by atoms with Crippen molar-refractivity contribution in [3.05, 3.63) is 46.3 Å². The maximum atomic E-state index is 12.4.